The van der Waals surface area contributed by atoms with E-state index in [1.165, 1.54) is 0 Å². The van der Waals surface area contributed by atoms with Crippen LogP contribution >= 0.6 is 23.2 Å². The molecule has 6 nitrogen and oxygen atoms in total. The van der Waals surface area contributed by atoms with Gasteiger partial charge in [-0.1, -0.05) is 63.6 Å². The molecule has 0 amide bonds. The monoisotopic (exact) mass is 531 g/mol. The van der Waals surface area contributed by atoms with E-state index in [0.717, 1.165) is 0 Å². The Morgan fingerprint density at radius 3 is 2.06 bits per heavy atom. The van der Waals surface area contributed by atoms with Crippen LogP contribution in [-0.4, -0.2) is 40.7 Å². The maximum Gasteiger partial charge on any atom is 0.323 e. The predicted molar refractivity (Wildman–Crippen MR) is 139 cm³/mol. The zero-order valence-electron chi connectivity index (χ0n) is 21.0. The molecule has 1 aromatic carbocycles. The summed E-state index contributed by atoms with van der Waals surface area (Å²) in [4.78, 5) is 41.2. The molecule has 8 heteroatoms. The third-order valence-corrected chi connectivity index (χ3v) is 7.51. The number of Topliss-reactive ketones (excluding diaryl/α,β-unsaturated/α-hetero) is 2. The van der Waals surface area contributed by atoms with Crippen LogP contribution in [-0.2, 0) is 14.4 Å². The first kappa shape index (κ1) is 26.5. The van der Waals surface area contributed by atoms with Crippen LogP contribution in [0.1, 0.15) is 64.9 Å². The first-order chi connectivity index (χ1) is 16.7. The number of nitrogens with zero attached hydrogens (tertiary/aromatic N) is 1. The van der Waals surface area contributed by atoms with Gasteiger partial charge in [-0.3, -0.25) is 14.4 Å². The molecule has 1 N–H and O–H groups in total. The zero-order chi connectivity index (χ0) is 26.6. The van der Waals surface area contributed by atoms with Crippen molar-refractivity contribution >= 4 is 40.7 Å². The van der Waals surface area contributed by atoms with Gasteiger partial charge in [0.25, 0.3) is 0 Å². The SMILES string of the molecule is C=CCOc1c(Cl)cc(Cl)cc1C1C2=C(CC(C)(C)CC2=O)N(CC(=O)O)C2=C1C(=O)CC(C)(C)C2. The minimum atomic E-state index is -1.03. The highest BCUT2D eigenvalue weighted by Gasteiger charge is 2.50. The molecule has 0 unspecified atom stereocenters. The third kappa shape index (κ3) is 4.85. The standard InChI is InChI=1S/C28H31Cl2NO5/c1-6-7-36-26-16(8-15(29)9-17(26)30)23-24-18(10-27(2,3)12-20(24)32)31(14-22(34)35)19-11-28(4,5)13-21(33)25(19)23/h6,8-9,23H,1,7,10-14H2,2-5H3,(H,34,35). The molecule has 1 aliphatic heterocycles. The Hall–Kier alpha value is -2.57. The number of hydrogen-bond donors (Lipinski definition) is 1. The predicted octanol–water partition coefficient (Wildman–Crippen LogP) is 6.33. The van der Waals surface area contributed by atoms with Gasteiger partial charge < -0.3 is 14.7 Å². The van der Waals surface area contributed by atoms with Crippen LogP contribution in [0.15, 0.2) is 47.3 Å². The molecule has 1 aromatic rings. The molecule has 2 aliphatic carbocycles. The van der Waals surface area contributed by atoms with E-state index in [-0.39, 0.29) is 53.4 Å². The van der Waals surface area contributed by atoms with Gasteiger partial charge in [-0.05, 0) is 35.8 Å². The molecule has 1 heterocycles. The van der Waals surface area contributed by atoms with Gasteiger partial charge in [0.1, 0.15) is 18.9 Å². The Balaban J connectivity index is 2.07. The number of carboxylic acids is 1. The molecule has 0 atom stereocenters. The molecule has 0 saturated carbocycles. The van der Waals surface area contributed by atoms with E-state index in [1.54, 1.807) is 23.1 Å². The number of carbonyl (C=O) groups excluding carboxylic acids is 2. The average molecular weight is 532 g/mol. The quantitative estimate of drug-likeness (QED) is 0.431. The van der Waals surface area contributed by atoms with Gasteiger partial charge in [0.15, 0.2) is 11.6 Å². The normalized spacial score (nSPS) is 21.3. The fraction of sp³-hybridized carbons (Fsp3) is 0.464. The first-order valence-electron chi connectivity index (χ1n) is 12.0. The van der Waals surface area contributed by atoms with E-state index in [4.69, 9.17) is 27.9 Å². The maximum absolute atomic E-state index is 13.8. The first-order valence-corrected chi connectivity index (χ1v) is 12.7. The fourth-order valence-electron chi connectivity index (χ4n) is 5.77. The molecule has 0 fully saturated rings. The summed E-state index contributed by atoms with van der Waals surface area (Å²) in [6.07, 6.45) is 3.15. The molecular weight excluding hydrogens is 501 g/mol. The van der Waals surface area contributed by atoms with Crippen LogP contribution in [0.3, 0.4) is 0 Å². The van der Waals surface area contributed by atoms with Crippen LogP contribution in [0, 0.1) is 10.8 Å². The summed E-state index contributed by atoms with van der Waals surface area (Å²) >= 11 is 13.0. The summed E-state index contributed by atoms with van der Waals surface area (Å²) < 4.78 is 5.94. The van der Waals surface area contributed by atoms with Gasteiger partial charge in [0.05, 0.1) is 5.02 Å². The van der Waals surface area contributed by atoms with Crippen molar-refractivity contribution in [2.45, 2.75) is 59.3 Å². The Morgan fingerprint density at radius 2 is 1.58 bits per heavy atom. The van der Waals surface area contributed by atoms with Gasteiger partial charge in [-0.2, -0.15) is 0 Å². The summed E-state index contributed by atoms with van der Waals surface area (Å²) in [7, 11) is 0. The summed E-state index contributed by atoms with van der Waals surface area (Å²) in [5.74, 6) is -1.66. The number of halogens is 2. The summed E-state index contributed by atoms with van der Waals surface area (Å²) in [5.41, 5.74) is 1.98. The third-order valence-electron chi connectivity index (χ3n) is 7.01. The smallest absolute Gasteiger partial charge is 0.323 e. The minimum absolute atomic E-state index is 0.114. The molecule has 0 bridgehead atoms. The summed E-state index contributed by atoms with van der Waals surface area (Å²) in [6.45, 7) is 11.5. The van der Waals surface area contributed by atoms with E-state index in [9.17, 15) is 19.5 Å². The number of carboxylic acid groups (broad SMARTS) is 1. The number of benzene rings is 1. The highest BCUT2D eigenvalue weighted by Crippen LogP contribution is 2.56. The number of allylic oxidation sites excluding steroid dienone is 4. The zero-order valence-corrected chi connectivity index (χ0v) is 22.6. The Morgan fingerprint density at radius 1 is 1.06 bits per heavy atom. The van der Waals surface area contributed by atoms with Crippen LogP contribution in [0.5, 0.6) is 5.75 Å². The van der Waals surface area contributed by atoms with E-state index >= 15 is 0 Å². The summed E-state index contributed by atoms with van der Waals surface area (Å²) in [5, 5.41) is 10.4. The Labute approximate surface area is 221 Å². The Kier molecular flexibility index (Phi) is 6.91. The Bertz CT molecular complexity index is 1190. The number of rotatable bonds is 6. The summed E-state index contributed by atoms with van der Waals surface area (Å²) in [6, 6.07) is 3.26. The minimum Gasteiger partial charge on any atom is -0.488 e. The van der Waals surface area contributed by atoms with Gasteiger partial charge in [-0.25, -0.2) is 0 Å². The van der Waals surface area contributed by atoms with E-state index in [2.05, 4.69) is 6.58 Å². The molecular formula is C28H31Cl2NO5. The van der Waals surface area contributed by atoms with Crippen LogP contribution in [0.2, 0.25) is 10.0 Å². The lowest BCUT2D eigenvalue weighted by Gasteiger charge is -2.48. The molecule has 0 radical (unpaired) electrons. The molecule has 0 aromatic heterocycles. The van der Waals surface area contributed by atoms with Crippen molar-refractivity contribution in [3.05, 3.63) is 62.9 Å². The van der Waals surface area contributed by atoms with E-state index in [1.807, 2.05) is 27.7 Å². The van der Waals surface area contributed by atoms with Gasteiger partial charge in [0, 0.05) is 51.9 Å². The number of carbonyl (C=O) groups is 3. The second-order valence-corrected chi connectivity index (χ2v) is 12.3. The van der Waals surface area contributed by atoms with Crippen molar-refractivity contribution in [1.82, 2.24) is 4.90 Å². The van der Waals surface area contributed by atoms with E-state index < -0.39 is 11.9 Å². The van der Waals surface area contributed by atoms with Gasteiger partial charge >= 0.3 is 5.97 Å². The molecule has 36 heavy (non-hydrogen) atoms. The van der Waals surface area contributed by atoms with Crippen molar-refractivity contribution in [2.75, 3.05) is 13.2 Å². The lowest BCUT2D eigenvalue weighted by Crippen LogP contribution is -2.45. The van der Waals surface area contributed by atoms with Crippen LogP contribution < -0.4 is 4.74 Å². The van der Waals surface area contributed by atoms with Crippen molar-refractivity contribution in [3.63, 3.8) is 0 Å². The highest BCUT2D eigenvalue weighted by atomic mass is 35.5. The van der Waals surface area contributed by atoms with E-state index in [0.29, 0.717) is 51.7 Å². The molecule has 0 spiro atoms. The van der Waals surface area contributed by atoms with Crippen molar-refractivity contribution in [2.24, 2.45) is 10.8 Å². The number of aliphatic carboxylic acids is 1. The van der Waals surface area contributed by atoms with Crippen molar-refractivity contribution in [3.8, 4) is 5.75 Å². The van der Waals surface area contributed by atoms with Crippen LogP contribution in [0.25, 0.3) is 0 Å². The molecule has 192 valence electrons. The topological polar surface area (TPSA) is 83.9 Å². The van der Waals surface area contributed by atoms with Gasteiger partial charge in [0.2, 0.25) is 0 Å². The number of hydrogen-bond acceptors (Lipinski definition) is 5. The van der Waals surface area contributed by atoms with Crippen molar-refractivity contribution in [1.29, 1.82) is 0 Å². The average Bonchev–Trinajstić information content (AvgIpc) is 2.71. The lowest BCUT2D eigenvalue weighted by molar-refractivity contribution is -0.138. The molecule has 0 saturated heterocycles. The van der Waals surface area contributed by atoms with Crippen LogP contribution in [0.4, 0.5) is 0 Å². The highest BCUT2D eigenvalue weighted by molar-refractivity contribution is 6.35. The second-order valence-electron chi connectivity index (χ2n) is 11.4. The second kappa shape index (κ2) is 9.38. The largest absolute Gasteiger partial charge is 0.488 e. The number of ketones is 2. The maximum atomic E-state index is 13.8. The lowest BCUT2D eigenvalue weighted by atomic mass is 9.63. The molecule has 3 aliphatic rings. The fourth-order valence-corrected chi connectivity index (χ4v) is 6.34. The van der Waals surface area contributed by atoms with Gasteiger partial charge in [-0.15, -0.1) is 0 Å². The number of ether oxygens (including phenoxy) is 1. The molecule has 4 rings (SSSR count). The van der Waals surface area contributed by atoms with Crippen molar-refractivity contribution < 1.29 is 24.2 Å².